The summed E-state index contributed by atoms with van der Waals surface area (Å²) in [7, 11) is 1.68. The molecule has 6 heteroatoms. The quantitative estimate of drug-likeness (QED) is 0.829. The fourth-order valence-electron chi connectivity index (χ4n) is 5.09. The van der Waals surface area contributed by atoms with Crippen LogP contribution in [-0.2, 0) is 4.79 Å². The van der Waals surface area contributed by atoms with Crippen LogP contribution in [0.1, 0.15) is 44.9 Å². The lowest BCUT2D eigenvalue weighted by Crippen LogP contribution is -2.54. The minimum Gasteiger partial charge on any atom is -0.497 e. The fraction of sp³-hybridized carbons (Fsp3) is 0.682. The number of rotatable bonds is 4. The number of ether oxygens (including phenoxy) is 1. The Morgan fingerprint density at radius 1 is 1.14 bits per heavy atom. The van der Waals surface area contributed by atoms with Gasteiger partial charge in [-0.25, -0.2) is 0 Å². The van der Waals surface area contributed by atoms with Crippen LogP contribution in [-0.4, -0.2) is 66.9 Å². The third-order valence-corrected chi connectivity index (χ3v) is 6.79. The molecule has 0 saturated carbocycles. The average Bonchev–Trinajstić information content (AvgIpc) is 3.04. The van der Waals surface area contributed by atoms with Crippen LogP contribution >= 0.6 is 0 Å². The normalized spacial score (nSPS) is 28.2. The molecule has 154 valence electrons. The molecule has 0 aliphatic carbocycles. The molecule has 28 heavy (non-hydrogen) atoms. The smallest absolute Gasteiger partial charge is 0.220 e. The largest absolute Gasteiger partial charge is 0.497 e. The van der Waals surface area contributed by atoms with E-state index in [4.69, 9.17) is 4.74 Å². The molecule has 3 aliphatic rings. The summed E-state index contributed by atoms with van der Waals surface area (Å²) in [6.07, 6.45) is 6.43. The van der Waals surface area contributed by atoms with Gasteiger partial charge in [0.25, 0.3) is 0 Å². The van der Waals surface area contributed by atoms with Gasteiger partial charge in [0.05, 0.1) is 12.7 Å². The van der Waals surface area contributed by atoms with Crippen molar-refractivity contribution >= 4 is 11.6 Å². The molecular weight excluding hydrogens is 354 g/mol. The molecule has 6 nitrogen and oxygen atoms in total. The van der Waals surface area contributed by atoms with Gasteiger partial charge in [0.15, 0.2) is 0 Å². The minimum absolute atomic E-state index is 0.197. The zero-order valence-corrected chi connectivity index (χ0v) is 16.9. The molecule has 3 saturated heterocycles. The molecule has 4 rings (SSSR count). The number of anilines is 1. The maximum Gasteiger partial charge on any atom is 0.220 e. The van der Waals surface area contributed by atoms with Gasteiger partial charge in [0, 0.05) is 50.4 Å². The molecule has 1 amide bonds. The number of likely N-dealkylation sites (tertiary alicyclic amines) is 1. The van der Waals surface area contributed by atoms with E-state index in [1.807, 2.05) is 12.1 Å². The number of β-amino-alcohol motifs (C(OH)–C–C–N with tert-alkyl or cyclic N) is 1. The van der Waals surface area contributed by atoms with Crippen LogP contribution in [0.2, 0.25) is 0 Å². The molecule has 2 N–H and O–H groups in total. The summed E-state index contributed by atoms with van der Waals surface area (Å²) in [5, 5.41) is 14.5. The standard InChI is InChI=1S/C22H33N3O3/c1-28-18-8-6-17(7-9-18)24-14-11-22(27,12-15-24)16-25-13-10-19-20(25)4-2-3-5-21(26)23-19/h6-9,19-20,27H,2-5,10-16H2,1H3,(H,23,26)/t19-,20+/m0/s1. The first-order valence-corrected chi connectivity index (χ1v) is 10.7. The van der Waals surface area contributed by atoms with Crippen LogP contribution in [0.25, 0.3) is 0 Å². The summed E-state index contributed by atoms with van der Waals surface area (Å²) in [4.78, 5) is 16.7. The SMILES string of the molecule is COc1ccc(N2CCC(O)(CN3CC[C@@H]4NC(=O)CCCC[C@H]43)CC2)cc1. The lowest BCUT2D eigenvalue weighted by atomic mass is 9.89. The highest BCUT2D eigenvalue weighted by Crippen LogP contribution is 2.32. The molecule has 0 unspecified atom stereocenters. The van der Waals surface area contributed by atoms with Crippen molar-refractivity contribution in [3.8, 4) is 5.75 Å². The topological polar surface area (TPSA) is 65.0 Å². The van der Waals surface area contributed by atoms with Crippen LogP contribution in [0.5, 0.6) is 5.75 Å². The number of amides is 1. The summed E-state index contributed by atoms with van der Waals surface area (Å²) in [5.74, 6) is 1.07. The van der Waals surface area contributed by atoms with E-state index in [-0.39, 0.29) is 11.9 Å². The van der Waals surface area contributed by atoms with E-state index in [0.29, 0.717) is 12.5 Å². The lowest BCUT2D eigenvalue weighted by Gasteiger charge is -2.42. The molecular formula is C22H33N3O3. The van der Waals surface area contributed by atoms with Crippen LogP contribution in [0, 0.1) is 0 Å². The monoisotopic (exact) mass is 387 g/mol. The van der Waals surface area contributed by atoms with Gasteiger partial charge < -0.3 is 20.1 Å². The third kappa shape index (κ3) is 4.28. The molecule has 3 heterocycles. The van der Waals surface area contributed by atoms with Gasteiger partial charge in [0.2, 0.25) is 5.91 Å². The first-order valence-electron chi connectivity index (χ1n) is 10.7. The van der Waals surface area contributed by atoms with Crippen molar-refractivity contribution in [2.45, 2.75) is 62.6 Å². The minimum atomic E-state index is -0.635. The Morgan fingerprint density at radius 3 is 2.61 bits per heavy atom. The van der Waals surface area contributed by atoms with Crippen LogP contribution in [0.15, 0.2) is 24.3 Å². The number of carbonyl (C=O) groups is 1. The zero-order valence-electron chi connectivity index (χ0n) is 16.9. The van der Waals surface area contributed by atoms with Crippen molar-refractivity contribution in [1.29, 1.82) is 0 Å². The molecule has 0 radical (unpaired) electrons. The van der Waals surface area contributed by atoms with Gasteiger partial charge in [-0.15, -0.1) is 0 Å². The summed E-state index contributed by atoms with van der Waals surface area (Å²) < 4.78 is 5.24. The van der Waals surface area contributed by atoms with E-state index < -0.39 is 5.60 Å². The first kappa shape index (κ1) is 19.5. The average molecular weight is 388 g/mol. The van der Waals surface area contributed by atoms with Gasteiger partial charge in [-0.3, -0.25) is 9.69 Å². The molecule has 0 aromatic heterocycles. The van der Waals surface area contributed by atoms with Crippen molar-refractivity contribution < 1.29 is 14.6 Å². The summed E-state index contributed by atoms with van der Waals surface area (Å²) in [6.45, 7) is 3.42. The van der Waals surface area contributed by atoms with Crippen LogP contribution in [0.4, 0.5) is 5.69 Å². The highest BCUT2D eigenvalue weighted by atomic mass is 16.5. The number of aliphatic hydroxyl groups is 1. The van der Waals surface area contributed by atoms with Crippen molar-refractivity contribution in [1.82, 2.24) is 10.2 Å². The van der Waals surface area contributed by atoms with Gasteiger partial charge >= 0.3 is 0 Å². The highest BCUT2D eigenvalue weighted by molar-refractivity contribution is 5.76. The number of benzene rings is 1. The van der Waals surface area contributed by atoms with E-state index >= 15 is 0 Å². The molecule has 0 spiro atoms. The Labute approximate surface area is 167 Å². The van der Waals surface area contributed by atoms with Crippen molar-refractivity contribution in [2.24, 2.45) is 0 Å². The van der Waals surface area contributed by atoms with Gasteiger partial charge in [0.1, 0.15) is 5.75 Å². The lowest BCUT2D eigenvalue weighted by molar-refractivity contribution is -0.122. The Bertz CT molecular complexity index is 670. The summed E-state index contributed by atoms with van der Waals surface area (Å²) in [5.41, 5.74) is 0.552. The Kier molecular flexibility index (Phi) is 5.78. The van der Waals surface area contributed by atoms with Crippen LogP contribution < -0.4 is 15.0 Å². The number of nitrogens with one attached hydrogen (secondary N) is 1. The maximum absolute atomic E-state index is 12.0. The van der Waals surface area contributed by atoms with Gasteiger partial charge in [-0.05, 0) is 56.4 Å². The number of nitrogens with zero attached hydrogens (tertiary/aromatic N) is 2. The van der Waals surface area contributed by atoms with E-state index in [9.17, 15) is 9.90 Å². The Hall–Kier alpha value is -1.79. The number of hydrogen-bond donors (Lipinski definition) is 2. The van der Waals surface area contributed by atoms with E-state index in [0.717, 1.165) is 70.5 Å². The number of piperidine rings is 1. The predicted molar refractivity (Wildman–Crippen MR) is 110 cm³/mol. The Morgan fingerprint density at radius 2 is 1.89 bits per heavy atom. The van der Waals surface area contributed by atoms with E-state index in [1.54, 1.807) is 7.11 Å². The summed E-state index contributed by atoms with van der Waals surface area (Å²) >= 11 is 0. The van der Waals surface area contributed by atoms with Crippen LogP contribution in [0.3, 0.4) is 0 Å². The molecule has 0 bridgehead atoms. The third-order valence-electron chi connectivity index (χ3n) is 6.79. The molecule has 2 atom stereocenters. The number of methoxy groups -OCH3 is 1. The Balaban J connectivity index is 1.34. The predicted octanol–water partition coefficient (Wildman–Crippen LogP) is 2.16. The number of carbonyl (C=O) groups excluding carboxylic acids is 1. The maximum atomic E-state index is 12.0. The molecule has 3 aliphatic heterocycles. The molecule has 3 fully saturated rings. The number of fused-ring (bicyclic) bond motifs is 1. The van der Waals surface area contributed by atoms with E-state index in [1.165, 1.54) is 5.69 Å². The molecule has 1 aromatic rings. The zero-order chi connectivity index (χ0) is 19.6. The summed E-state index contributed by atoms with van der Waals surface area (Å²) in [6, 6.07) is 8.80. The van der Waals surface area contributed by atoms with Crippen molar-refractivity contribution in [3.63, 3.8) is 0 Å². The van der Waals surface area contributed by atoms with Gasteiger partial charge in [-0.2, -0.15) is 0 Å². The number of hydrogen-bond acceptors (Lipinski definition) is 5. The van der Waals surface area contributed by atoms with Crippen molar-refractivity contribution in [2.75, 3.05) is 38.2 Å². The second kappa shape index (κ2) is 8.29. The van der Waals surface area contributed by atoms with Gasteiger partial charge in [-0.1, -0.05) is 6.42 Å². The second-order valence-corrected chi connectivity index (χ2v) is 8.66. The fourth-order valence-corrected chi connectivity index (χ4v) is 5.09. The van der Waals surface area contributed by atoms with E-state index in [2.05, 4.69) is 27.2 Å². The highest BCUT2D eigenvalue weighted by Gasteiger charge is 2.41. The van der Waals surface area contributed by atoms with Crippen molar-refractivity contribution in [3.05, 3.63) is 24.3 Å². The second-order valence-electron chi connectivity index (χ2n) is 8.66. The molecule has 1 aromatic carbocycles. The first-order chi connectivity index (χ1) is 13.6.